The van der Waals surface area contributed by atoms with E-state index in [1.165, 1.54) is 39.0 Å². The smallest absolute Gasteiger partial charge is 0.303 e. The fraction of sp³-hybridized carbons (Fsp3) is 0.812. The first-order chi connectivity index (χ1) is 9.70. The molecule has 0 saturated carbocycles. The second-order valence-corrected chi connectivity index (χ2v) is 4.74. The van der Waals surface area contributed by atoms with Crippen LogP contribution in [0.1, 0.15) is 58.8 Å². The zero-order valence-electron chi connectivity index (χ0n) is 12.8. The first-order valence-corrected chi connectivity index (χ1v) is 7.55. The van der Waals surface area contributed by atoms with Crippen LogP contribution in [-0.4, -0.2) is 37.0 Å². The van der Waals surface area contributed by atoms with Crippen LogP contribution < -0.4 is 0 Å². The number of carbonyl (C=O) groups is 1. The van der Waals surface area contributed by atoms with Gasteiger partial charge in [0.05, 0.1) is 19.8 Å². The van der Waals surface area contributed by atoms with Crippen LogP contribution in [0.15, 0.2) is 0 Å². The third kappa shape index (κ3) is 13.4. The quantitative estimate of drug-likeness (QED) is 0.360. The highest BCUT2D eigenvalue weighted by atomic mass is 16.6. The number of ether oxygens (including phenoxy) is 2. The average Bonchev–Trinajstić information content (AvgIpc) is 2.41. The Morgan fingerprint density at radius 3 is 2.55 bits per heavy atom. The standard InChI is InChI=1S/C16H28O4/c1-3-4-5-6-7-8-9-10-11-16(20-15(2)18)14-19-13-12-17/h16-17H,3-9,12-14H2,1-2H3. The van der Waals surface area contributed by atoms with Crippen molar-refractivity contribution >= 4 is 5.97 Å². The van der Waals surface area contributed by atoms with Crippen molar-refractivity contribution in [3.8, 4) is 11.8 Å². The molecule has 116 valence electrons. The number of esters is 1. The van der Waals surface area contributed by atoms with Gasteiger partial charge in [0, 0.05) is 13.3 Å². The van der Waals surface area contributed by atoms with Crippen LogP contribution in [-0.2, 0) is 14.3 Å². The fourth-order valence-electron chi connectivity index (χ4n) is 1.74. The summed E-state index contributed by atoms with van der Waals surface area (Å²) in [5, 5.41) is 8.63. The molecule has 4 heteroatoms. The second-order valence-electron chi connectivity index (χ2n) is 4.74. The number of rotatable bonds is 11. The zero-order valence-corrected chi connectivity index (χ0v) is 12.8. The Labute approximate surface area is 122 Å². The number of hydrogen-bond acceptors (Lipinski definition) is 4. The normalized spacial score (nSPS) is 11.6. The van der Waals surface area contributed by atoms with Crippen LogP contribution in [0, 0.1) is 11.8 Å². The predicted octanol–water partition coefficient (Wildman–Crippen LogP) is 2.68. The van der Waals surface area contributed by atoms with Crippen LogP contribution >= 0.6 is 0 Å². The molecular formula is C16H28O4. The molecule has 0 aliphatic heterocycles. The van der Waals surface area contributed by atoms with Crippen molar-refractivity contribution in [2.75, 3.05) is 19.8 Å². The minimum Gasteiger partial charge on any atom is -0.447 e. The first kappa shape index (κ1) is 18.9. The van der Waals surface area contributed by atoms with Crippen LogP contribution in [0.3, 0.4) is 0 Å². The molecule has 0 heterocycles. The molecule has 0 radical (unpaired) electrons. The average molecular weight is 284 g/mol. The molecule has 0 aromatic carbocycles. The molecule has 0 aliphatic rings. The van der Waals surface area contributed by atoms with E-state index in [0.717, 1.165) is 12.8 Å². The van der Waals surface area contributed by atoms with Crippen molar-refractivity contribution in [3.05, 3.63) is 0 Å². The molecule has 0 bridgehead atoms. The molecule has 4 nitrogen and oxygen atoms in total. The van der Waals surface area contributed by atoms with Crippen molar-refractivity contribution in [3.63, 3.8) is 0 Å². The van der Waals surface area contributed by atoms with E-state index in [2.05, 4.69) is 18.8 Å². The maximum Gasteiger partial charge on any atom is 0.303 e. The number of aliphatic hydroxyl groups excluding tert-OH is 1. The summed E-state index contributed by atoms with van der Waals surface area (Å²) >= 11 is 0. The summed E-state index contributed by atoms with van der Waals surface area (Å²) < 4.78 is 10.2. The van der Waals surface area contributed by atoms with E-state index in [-0.39, 0.29) is 25.8 Å². The van der Waals surface area contributed by atoms with Gasteiger partial charge in [-0.2, -0.15) is 0 Å². The van der Waals surface area contributed by atoms with E-state index in [1.807, 2.05) is 0 Å². The SMILES string of the molecule is CCCCCCCCC#CC(COCCO)OC(C)=O. The Morgan fingerprint density at radius 1 is 1.20 bits per heavy atom. The lowest BCUT2D eigenvalue weighted by Crippen LogP contribution is -2.21. The van der Waals surface area contributed by atoms with Gasteiger partial charge in [0.1, 0.15) is 0 Å². The van der Waals surface area contributed by atoms with Gasteiger partial charge >= 0.3 is 5.97 Å². The molecule has 0 amide bonds. The Bertz CT molecular complexity index is 291. The molecular weight excluding hydrogens is 256 g/mol. The summed E-state index contributed by atoms with van der Waals surface area (Å²) in [7, 11) is 0. The summed E-state index contributed by atoms with van der Waals surface area (Å²) in [4.78, 5) is 10.9. The van der Waals surface area contributed by atoms with Gasteiger partial charge in [-0.1, -0.05) is 50.9 Å². The Morgan fingerprint density at radius 2 is 1.90 bits per heavy atom. The van der Waals surface area contributed by atoms with Gasteiger partial charge < -0.3 is 14.6 Å². The van der Waals surface area contributed by atoms with Gasteiger partial charge in [0.25, 0.3) is 0 Å². The molecule has 0 aromatic heterocycles. The van der Waals surface area contributed by atoms with Crippen LogP contribution in [0.25, 0.3) is 0 Å². The Hall–Kier alpha value is -1.05. The maximum atomic E-state index is 10.9. The largest absolute Gasteiger partial charge is 0.447 e. The maximum absolute atomic E-state index is 10.9. The van der Waals surface area contributed by atoms with Crippen molar-refractivity contribution in [1.29, 1.82) is 0 Å². The molecule has 1 unspecified atom stereocenters. The van der Waals surface area contributed by atoms with Gasteiger partial charge in [0.15, 0.2) is 6.10 Å². The summed E-state index contributed by atoms with van der Waals surface area (Å²) in [5.74, 6) is 5.59. The topological polar surface area (TPSA) is 55.8 Å². The summed E-state index contributed by atoms with van der Waals surface area (Å²) in [6.07, 6.45) is 7.72. The summed E-state index contributed by atoms with van der Waals surface area (Å²) in [5.41, 5.74) is 0. The lowest BCUT2D eigenvalue weighted by atomic mass is 10.1. The minimum absolute atomic E-state index is 0.0437. The number of hydrogen-bond donors (Lipinski definition) is 1. The zero-order chi connectivity index (χ0) is 15.1. The van der Waals surface area contributed by atoms with Gasteiger partial charge in [-0.25, -0.2) is 0 Å². The molecule has 0 aromatic rings. The highest BCUT2D eigenvalue weighted by molar-refractivity contribution is 5.66. The third-order valence-electron chi connectivity index (χ3n) is 2.73. The van der Waals surface area contributed by atoms with E-state index in [4.69, 9.17) is 14.6 Å². The van der Waals surface area contributed by atoms with E-state index >= 15 is 0 Å². The van der Waals surface area contributed by atoms with Crippen LogP contribution in [0.5, 0.6) is 0 Å². The highest BCUT2D eigenvalue weighted by Crippen LogP contribution is 2.06. The lowest BCUT2D eigenvalue weighted by molar-refractivity contribution is -0.146. The Kier molecular flexibility index (Phi) is 13.6. The molecule has 0 aliphatic carbocycles. The minimum atomic E-state index is -0.529. The van der Waals surface area contributed by atoms with Crippen LogP contribution in [0.2, 0.25) is 0 Å². The van der Waals surface area contributed by atoms with Crippen molar-refractivity contribution in [2.45, 2.75) is 64.9 Å². The van der Waals surface area contributed by atoms with Gasteiger partial charge in [-0.05, 0) is 6.42 Å². The molecule has 0 spiro atoms. The molecule has 1 atom stereocenters. The molecule has 1 N–H and O–H groups in total. The Balaban J connectivity index is 3.80. The van der Waals surface area contributed by atoms with Crippen molar-refractivity contribution in [2.24, 2.45) is 0 Å². The molecule has 0 saturated heterocycles. The van der Waals surface area contributed by atoms with E-state index in [0.29, 0.717) is 0 Å². The number of unbranched alkanes of at least 4 members (excludes halogenated alkanes) is 6. The summed E-state index contributed by atoms with van der Waals surface area (Å²) in [6.45, 7) is 3.96. The fourth-order valence-corrected chi connectivity index (χ4v) is 1.74. The van der Waals surface area contributed by atoms with Gasteiger partial charge in [-0.3, -0.25) is 4.79 Å². The highest BCUT2D eigenvalue weighted by Gasteiger charge is 2.08. The summed E-state index contributed by atoms with van der Waals surface area (Å²) in [6, 6.07) is 0. The van der Waals surface area contributed by atoms with Crippen molar-refractivity contribution in [1.82, 2.24) is 0 Å². The van der Waals surface area contributed by atoms with E-state index < -0.39 is 6.10 Å². The lowest BCUT2D eigenvalue weighted by Gasteiger charge is -2.10. The second kappa shape index (κ2) is 14.4. The molecule has 20 heavy (non-hydrogen) atoms. The molecule has 0 rings (SSSR count). The van der Waals surface area contributed by atoms with Gasteiger partial charge in [-0.15, -0.1) is 0 Å². The van der Waals surface area contributed by atoms with Crippen molar-refractivity contribution < 1.29 is 19.4 Å². The third-order valence-corrected chi connectivity index (χ3v) is 2.73. The number of carbonyl (C=O) groups excluding carboxylic acids is 1. The van der Waals surface area contributed by atoms with Gasteiger partial charge in [0.2, 0.25) is 0 Å². The predicted molar refractivity (Wildman–Crippen MR) is 79.2 cm³/mol. The number of aliphatic hydroxyl groups is 1. The van der Waals surface area contributed by atoms with E-state index in [9.17, 15) is 4.79 Å². The van der Waals surface area contributed by atoms with Crippen LogP contribution in [0.4, 0.5) is 0 Å². The monoisotopic (exact) mass is 284 g/mol. The molecule has 0 fully saturated rings. The van der Waals surface area contributed by atoms with E-state index in [1.54, 1.807) is 0 Å². The first-order valence-electron chi connectivity index (χ1n) is 7.55.